The quantitative estimate of drug-likeness (QED) is 0.422. The second-order valence-electron chi connectivity index (χ2n) is 8.38. The number of anilines is 1. The van der Waals surface area contributed by atoms with Crippen molar-refractivity contribution in [3.8, 4) is 22.9 Å². The molecule has 1 aliphatic heterocycles. The highest BCUT2D eigenvalue weighted by Gasteiger charge is 2.28. The summed E-state index contributed by atoms with van der Waals surface area (Å²) in [6.07, 6.45) is 2.85. The first kappa shape index (κ1) is 22.3. The van der Waals surface area contributed by atoms with E-state index in [9.17, 15) is 9.59 Å². The predicted octanol–water partition coefficient (Wildman–Crippen LogP) is 2.61. The van der Waals surface area contributed by atoms with Crippen LogP contribution in [-0.4, -0.2) is 54.1 Å². The van der Waals surface area contributed by atoms with Gasteiger partial charge in [0.25, 0.3) is 5.56 Å². The van der Waals surface area contributed by atoms with Gasteiger partial charge in [-0.2, -0.15) is 15.3 Å². The van der Waals surface area contributed by atoms with Crippen LogP contribution in [0, 0.1) is 6.92 Å². The molecule has 0 bridgehead atoms. The van der Waals surface area contributed by atoms with Gasteiger partial charge >= 0.3 is 0 Å². The SMILES string of the molecule is C=CC(=O)N1CCC[C@@H](n2nc(-c3ccc(Oc4ccc(C)nn4)cc3)c3c(N)n[nH]c(=O)c32)C1. The summed E-state index contributed by atoms with van der Waals surface area (Å²) in [5, 5.41) is 19.7. The van der Waals surface area contributed by atoms with Gasteiger partial charge < -0.3 is 15.4 Å². The van der Waals surface area contributed by atoms with Crippen molar-refractivity contribution in [3.05, 3.63) is 65.1 Å². The van der Waals surface area contributed by atoms with E-state index in [0.717, 1.165) is 24.1 Å². The zero-order valence-electron chi connectivity index (χ0n) is 19.1. The summed E-state index contributed by atoms with van der Waals surface area (Å²) >= 11 is 0. The number of amides is 1. The number of benzene rings is 1. The molecule has 0 saturated carbocycles. The molecule has 11 nitrogen and oxygen atoms in total. The van der Waals surface area contributed by atoms with Crippen molar-refractivity contribution >= 4 is 22.6 Å². The fourth-order valence-electron chi connectivity index (χ4n) is 4.31. The Balaban J connectivity index is 1.53. The van der Waals surface area contributed by atoms with Crippen LogP contribution in [0.1, 0.15) is 24.6 Å². The molecule has 0 unspecified atom stereocenters. The van der Waals surface area contributed by atoms with Crippen LogP contribution < -0.4 is 16.0 Å². The molecule has 178 valence electrons. The first-order chi connectivity index (χ1) is 16.9. The number of H-pyrrole nitrogens is 1. The van der Waals surface area contributed by atoms with Crippen LogP contribution >= 0.6 is 0 Å². The molecule has 0 spiro atoms. The van der Waals surface area contributed by atoms with Crippen molar-refractivity contribution in [2.75, 3.05) is 18.8 Å². The van der Waals surface area contributed by atoms with E-state index in [1.165, 1.54) is 6.08 Å². The number of hydrogen-bond acceptors (Lipinski definition) is 8. The van der Waals surface area contributed by atoms with Crippen molar-refractivity contribution in [2.24, 2.45) is 0 Å². The molecule has 0 aliphatic carbocycles. The molecule has 1 saturated heterocycles. The van der Waals surface area contributed by atoms with Gasteiger partial charge in [0, 0.05) is 24.7 Å². The van der Waals surface area contributed by atoms with Crippen LogP contribution in [0.25, 0.3) is 22.2 Å². The average molecular weight is 473 g/mol. The first-order valence-corrected chi connectivity index (χ1v) is 11.2. The Morgan fingerprint density at radius 2 is 2.03 bits per heavy atom. The van der Waals surface area contributed by atoms with Crippen molar-refractivity contribution in [1.82, 2.24) is 35.1 Å². The fourth-order valence-corrected chi connectivity index (χ4v) is 4.31. The zero-order valence-corrected chi connectivity index (χ0v) is 19.1. The maximum Gasteiger partial charge on any atom is 0.290 e. The molecule has 1 amide bonds. The molecule has 1 aliphatic rings. The van der Waals surface area contributed by atoms with E-state index in [1.54, 1.807) is 27.8 Å². The van der Waals surface area contributed by atoms with E-state index in [0.29, 0.717) is 41.3 Å². The second-order valence-corrected chi connectivity index (χ2v) is 8.38. The summed E-state index contributed by atoms with van der Waals surface area (Å²) in [6.45, 7) is 6.49. The van der Waals surface area contributed by atoms with Gasteiger partial charge in [-0.25, -0.2) is 5.10 Å². The van der Waals surface area contributed by atoms with Crippen LogP contribution in [0.3, 0.4) is 0 Å². The number of rotatable bonds is 5. The summed E-state index contributed by atoms with van der Waals surface area (Å²) < 4.78 is 7.44. The topological polar surface area (TPSA) is 145 Å². The number of aromatic amines is 1. The van der Waals surface area contributed by atoms with Gasteiger partial charge in [-0.15, -0.1) is 5.10 Å². The third-order valence-electron chi connectivity index (χ3n) is 6.01. The Kier molecular flexibility index (Phi) is 5.73. The molecule has 1 fully saturated rings. The standard InChI is InChI=1S/C24H24N8O3/c1-3-19(33)31-12-4-5-16(13-31)32-22-20(23(25)28-29-24(22)34)21(30-32)15-7-9-17(10-8-15)35-18-11-6-14(2)26-27-18/h3,6-11,16H,1,4-5,12-13H2,2H3,(H2,25,28)(H,29,34)/t16-/m1/s1. The Morgan fingerprint density at radius 1 is 1.23 bits per heavy atom. The lowest BCUT2D eigenvalue weighted by atomic mass is 10.1. The monoisotopic (exact) mass is 472 g/mol. The summed E-state index contributed by atoms with van der Waals surface area (Å²) in [6, 6.07) is 10.6. The Bertz CT molecular complexity index is 1460. The highest BCUT2D eigenvalue weighted by atomic mass is 16.5. The predicted molar refractivity (Wildman–Crippen MR) is 130 cm³/mol. The molecular weight excluding hydrogens is 448 g/mol. The van der Waals surface area contributed by atoms with Gasteiger partial charge in [-0.05, 0) is 56.2 Å². The lowest BCUT2D eigenvalue weighted by molar-refractivity contribution is -0.127. The van der Waals surface area contributed by atoms with Crippen LogP contribution in [0.15, 0.2) is 53.8 Å². The minimum Gasteiger partial charge on any atom is -0.438 e. The molecule has 1 aromatic carbocycles. The number of carbonyl (C=O) groups excluding carboxylic acids is 1. The van der Waals surface area contributed by atoms with Gasteiger partial charge in [-0.1, -0.05) is 6.58 Å². The average Bonchev–Trinajstić information content (AvgIpc) is 3.30. The zero-order chi connectivity index (χ0) is 24.5. The number of carbonyl (C=O) groups is 1. The van der Waals surface area contributed by atoms with Gasteiger partial charge in [0.1, 0.15) is 17.0 Å². The highest BCUT2D eigenvalue weighted by molar-refractivity contribution is 5.99. The number of hydrogen-bond donors (Lipinski definition) is 2. The molecule has 1 atom stereocenters. The minimum atomic E-state index is -0.391. The van der Waals surface area contributed by atoms with Crippen LogP contribution in [0.2, 0.25) is 0 Å². The summed E-state index contributed by atoms with van der Waals surface area (Å²) in [5.74, 6) is 0.987. The number of fused-ring (bicyclic) bond motifs is 1. The second kappa shape index (κ2) is 9.01. The highest BCUT2D eigenvalue weighted by Crippen LogP contribution is 2.34. The number of nitrogens with one attached hydrogen (secondary N) is 1. The largest absolute Gasteiger partial charge is 0.438 e. The van der Waals surface area contributed by atoms with Crippen LogP contribution in [0.4, 0.5) is 5.82 Å². The van der Waals surface area contributed by atoms with E-state index in [4.69, 9.17) is 15.6 Å². The molecule has 3 N–H and O–H groups in total. The summed E-state index contributed by atoms with van der Waals surface area (Å²) in [4.78, 5) is 26.7. The molecule has 5 rings (SSSR count). The molecule has 11 heteroatoms. The summed E-state index contributed by atoms with van der Waals surface area (Å²) in [5.41, 5.74) is 8.21. The van der Waals surface area contributed by atoms with E-state index in [2.05, 4.69) is 27.0 Å². The van der Waals surface area contributed by atoms with Gasteiger partial charge in [0.15, 0.2) is 5.82 Å². The van der Waals surface area contributed by atoms with Crippen molar-refractivity contribution in [1.29, 1.82) is 0 Å². The Hall–Kier alpha value is -4.54. The van der Waals surface area contributed by atoms with E-state index in [-0.39, 0.29) is 17.8 Å². The number of nitrogens with zero attached hydrogens (tertiary/aromatic N) is 6. The number of likely N-dealkylation sites (tertiary alicyclic amines) is 1. The third-order valence-corrected chi connectivity index (χ3v) is 6.01. The molecule has 35 heavy (non-hydrogen) atoms. The minimum absolute atomic E-state index is 0.143. The number of aryl methyl sites for hydroxylation is 1. The lowest BCUT2D eigenvalue weighted by Crippen LogP contribution is -2.40. The molecular formula is C24H24N8O3. The van der Waals surface area contributed by atoms with Crippen molar-refractivity contribution in [2.45, 2.75) is 25.8 Å². The molecule has 0 radical (unpaired) electrons. The smallest absolute Gasteiger partial charge is 0.290 e. The number of nitrogen functional groups attached to an aromatic ring is 1. The van der Waals surface area contributed by atoms with E-state index in [1.807, 2.05) is 25.1 Å². The molecule has 3 aromatic heterocycles. The van der Waals surface area contributed by atoms with Crippen LogP contribution in [0.5, 0.6) is 11.6 Å². The maximum absolute atomic E-state index is 12.8. The number of aromatic nitrogens is 6. The Morgan fingerprint density at radius 3 is 2.74 bits per heavy atom. The first-order valence-electron chi connectivity index (χ1n) is 11.2. The van der Waals surface area contributed by atoms with E-state index < -0.39 is 5.56 Å². The van der Waals surface area contributed by atoms with Gasteiger partial charge in [0.2, 0.25) is 11.8 Å². The van der Waals surface area contributed by atoms with Crippen molar-refractivity contribution in [3.63, 3.8) is 0 Å². The number of nitrogens with two attached hydrogens (primary N) is 1. The van der Waals surface area contributed by atoms with Gasteiger partial charge in [-0.3, -0.25) is 14.3 Å². The Labute approximate surface area is 200 Å². The maximum atomic E-state index is 12.8. The number of piperidine rings is 1. The van der Waals surface area contributed by atoms with E-state index >= 15 is 0 Å². The number of ether oxygens (including phenoxy) is 1. The third kappa shape index (κ3) is 4.23. The van der Waals surface area contributed by atoms with Gasteiger partial charge in [0.05, 0.1) is 17.1 Å². The lowest BCUT2D eigenvalue weighted by Gasteiger charge is -2.32. The van der Waals surface area contributed by atoms with Crippen molar-refractivity contribution < 1.29 is 9.53 Å². The molecule has 4 aromatic rings. The molecule has 4 heterocycles. The normalized spacial score (nSPS) is 15.8. The fraction of sp³-hybridized carbons (Fsp3) is 0.250. The van der Waals surface area contributed by atoms with Crippen LogP contribution in [-0.2, 0) is 4.79 Å². The summed E-state index contributed by atoms with van der Waals surface area (Å²) in [7, 11) is 0.